The molecule has 1 heterocycles. The van der Waals surface area contributed by atoms with E-state index in [1.165, 1.54) is 3.57 Å². The van der Waals surface area contributed by atoms with Crippen molar-refractivity contribution in [2.24, 2.45) is 0 Å². The van der Waals surface area contributed by atoms with E-state index in [9.17, 15) is 0 Å². The second-order valence-electron chi connectivity index (χ2n) is 4.48. The lowest BCUT2D eigenvalue weighted by Gasteiger charge is -2.15. The van der Waals surface area contributed by atoms with Gasteiger partial charge in [-0.15, -0.1) is 11.6 Å². The summed E-state index contributed by atoms with van der Waals surface area (Å²) < 4.78 is 9.07. The number of imidazole rings is 1. The van der Waals surface area contributed by atoms with Gasteiger partial charge in [-0.2, -0.15) is 0 Å². The molecule has 2 rings (SSSR count). The SMILES string of the molecule is CCOC(C)Cn1c(CCCl)nc2cc(I)ccc21. The summed E-state index contributed by atoms with van der Waals surface area (Å²) in [6.07, 6.45) is 0.960. The summed E-state index contributed by atoms with van der Waals surface area (Å²) in [6.45, 7) is 5.66. The molecule has 1 aromatic heterocycles. The van der Waals surface area contributed by atoms with Crippen LogP contribution in [0.4, 0.5) is 0 Å². The minimum Gasteiger partial charge on any atom is -0.377 e. The average molecular weight is 393 g/mol. The van der Waals surface area contributed by atoms with Gasteiger partial charge < -0.3 is 9.30 Å². The molecule has 19 heavy (non-hydrogen) atoms. The summed E-state index contributed by atoms with van der Waals surface area (Å²) in [6, 6.07) is 6.34. The fourth-order valence-electron chi connectivity index (χ4n) is 2.23. The van der Waals surface area contributed by atoms with E-state index >= 15 is 0 Å². The third-order valence-corrected chi connectivity index (χ3v) is 3.86. The Morgan fingerprint density at radius 2 is 2.26 bits per heavy atom. The smallest absolute Gasteiger partial charge is 0.111 e. The second kappa shape index (κ2) is 6.90. The average Bonchev–Trinajstić information content (AvgIpc) is 2.67. The van der Waals surface area contributed by atoms with E-state index in [0.717, 1.165) is 36.4 Å². The van der Waals surface area contributed by atoms with Gasteiger partial charge in [-0.1, -0.05) is 0 Å². The zero-order valence-electron chi connectivity index (χ0n) is 11.2. The predicted molar refractivity (Wildman–Crippen MR) is 88.0 cm³/mol. The molecule has 0 saturated heterocycles. The first kappa shape index (κ1) is 15.1. The molecule has 0 aliphatic rings. The van der Waals surface area contributed by atoms with Crippen LogP contribution < -0.4 is 0 Å². The highest BCUT2D eigenvalue weighted by molar-refractivity contribution is 14.1. The Labute approximate surface area is 132 Å². The van der Waals surface area contributed by atoms with Crippen LogP contribution in [-0.2, 0) is 17.7 Å². The van der Waals surface area contributed by atoms with Gasteiger partial charge in [0.25, 0.3) is 0 Å². The fourth-order valence-corrected chi connectivity index (χ4v) is 2.87. The molecule has 0 fully saturated rings. The van der Waals surface area contributed by atoms with E-state index in [4.69, 9.17) is 21.3 Å². The van der Waals surface area contributed by atoms with Crippen LogP contribution >= 0.6 is 34.2 Å². The minimum absolute atomic E-state index is 0.177. The number of aromatic nitrogens is 2. The van der Waals surface area contributed by atoms with Gasteiger partial charge in [0.05, 0.1) is 23.7 Å². The van der Waals surface area contributed by atoms with Crippen molar-refractivity contribution >= 4 is 45.2 Å². The Bertz CT molecular complexity index is 556. The lowest BCUT2D eigenvalue weighted by atomic mass is 10.3. The van der Waals surface area contributed by atoms with Crippen molar-refractivity contribution < 1.29 is 4.74 Å². The summed E-state index contributed by atoms with van der Waals surface area (Å²) in [5.41, 5.74) is 2.20. The molecular formula is C14H18ClIN2O. The monoisotopic (exact) mass is 392 g/mol. The van der Waals surface area contributed by atoms with E-state index in [-0.39, 0.29) is 6.10 Å². The predicted octanol–water partition coefficient (Wildman–Crippen LogP) is 3.85. The summed E-state index contributed by atoms with van der Waals surface area (Å²) in [4.78, 5) is 4.69. The van der Waals surface area contributed by atoms with Crippen LogP contribution in [0.1, 0.15) is 19.7 Å². The van der Waals surface area contributed by atoms with E-state index in [1.807, 2.05) is 6.92 Å². The third-order valence-electron chi connectivity index (χ3n) is 3.00. The molecule has 1 atom stereocenters. The van der Waals surface area contributed by atoms with Crippen LogP contribution in [0.25, 0.3) is 11.0 Å². The number of halogens is 2. The van der Waals surface area contributed by atoms with Crippen molar-refractivity contribution in [2.45, 2.75) is 32.9 Å². The first-order chi connectivity index (χ1) is 9.15. The standard InChI is InChI=1S/C14H18ClIN2O/c1-3-19-10(2)9-18-13-5-4-11(16)8-12(13)17-14(18)6-7-15/h4-5,8,10H,3,6-7,9H2,1-2H3. The van der Waals surface area contributed by atoms with Gasteiger partial charge in [0.1, 0.15) is 5.82 Å². The van der Waals surface area contributed by atoms with Gasteiger partial charge in [-0.3, -0.25) is 0 Å². The Balaban J connectivity index is 2.39. The van der Waals surface area contributed by atoms with Crippen molar-refractivity contribution in [1.29, 1.82) is 0 Å². The number of fused-ring (bicyclic) bond motifs is 1. The lowest BCUT2D eigenvalue weighted by Crippen LogP contribution is -2.18. The third kappa shape index (κ3) is 3.61. The van der Waals surface area contributed by atoms with Crippen LogP contribution in [0.2, 0.25) is 0 Å². The maximum absolute atomic E-state index is 5.88. The molecule has 104 valence electrons. The van der Waals surface area contributed by atoms with E-state index in [2.05, 4.69) is 52.3 Å². The zero-order valence-corrected chi connectivity index (χ0v) is 14.1. The molecule has 0 amide bonds. The van der Waals surface area contributed by atoms with Crippen LogP contribution in [0.5, 0.6) is 0 Å². The number of alkyl halides is 1. The van der Waals surface area contributed by atoms with E-state index in [0.29, 0.717) is 5.88 Å². The normalized spacial score (nSPS) is 13.1. The summed E-state index contributed by atoms with van der Waals surface area (Å²) >= 11 is 8.19. The van der Waals surface area contributed by atoms with Gasteiger partial charge in [-0.05, 0) is 54.6 Å². The number of aryl methyl sites for hydroxylation is 1. The molecule has 5 heteroatoms. The second-order valence-corrected chi connectivity index (χ2v) is 6.10. The molecule has 3 nitrogen and oxygen atoms in total. The van der Waals surface area contributed by atoms with Crippen molar-refractivity contribution in [3.05, 3.63) is 27.6 Å². The van der Waals surface area contributed by atoms with E-state index in [1.54, 1.807) is 0 Å². The zero-order chi connectivity index (χ0) is 13.8. The number of rotatable bonds is 6. The number of nitrogens with zero attached hydrogens (tertiary/aromatic N) is 2. The van der Waals surface area contributed by atoms with Gasteiger partial charge in [-0.25, -0.2) is 4.98 Å². The van der Waals surface area contributed by atoms with E-state index < -0.39 is 0 Å². The van der Waals surface area contributed by atoms with Crippen molar-refractivity contribution in [2.75, 3.05) is 12.5 Å². The summed E-state index contributed by atoms with van der Waals surface area (Å²) in [5, 5.41) is 0. The van der Waals surface area contributed by atoms with Gasteiger partial charge in [0.15, 0.2) is 0 Å². The van der Waals surface area contributed by atoms with Crippen molar-refractivity contribution in [1.82, 2.24) is 9.55 Å². The van der Waals surface area contributed by atoms with Crippen LogP contribution in [0.3, 0.4) is 0 Å². The highest BCUT2D eigenvalue weighted by Gasteiger charge is 2.13. The quantitative estimate of drug-likeness (QED) is 0.551. The van der Waals surface area contributed by atoms with Gasteiger partial charge in [0, 0.05) is 22.5 Å². The van der Waals surface area contributed by atoms with Gasteiger partial charge in [0.2, 0.25) is 0 Å². The maximum atomic E-state index is 5.88. The minimum atomic E-state index is 0.177. The first-order valence-electron chi connectivity index (χ1n) is 6.48. The van der Waals surface area contributed by atoms with Gasteiger partial charge >= 0.3 is 0 Å². The molecular weight excluding hydrogens is 375 g/mol. The molecule has 0 spiro atoms. The highest BCUT2D eigenvalue weighted by Crippen LogP contribution is 2.20. The molecule has 1 aromatic carbocycles. The summed E-state index contributed by atoms with van der Waals surface area (Å²) in [5.74, 6) is 1.63. The molecule has 0 aliphatic heterocycles. The molecule has 0 radical (unpaired) electrons. The first-order valence-corrected chi connectivity index (χ1v) is 8.09. The topological polar surface area (TPSA) is 27.1 Å². The maximum Gasteiger partial charge on any atom is 0.111 e. The summed E-state index contributed by atoms with van der Waals surface area (Å²) in [7, 11) is 0. The molecule has 2 aromatic rings. The molecule has 0 bridgehead atoms. The number of ether oxygens (including phenoxy) is 1. The number of hydrogen-bond donors (Lipinski definition) is 0. The molecule has 0 aliphatic carbocycles. The van der Waals surface area contributed by atoms with Crippen molar-refractivity contribution in [3.8, 4) is 0 Å². The largest absolute Gasteiger partial charge is 0.377 e. The highest BCUT2D eigenvalue weighted by atomic mass is 127. The Morgan fingerprint density at radius 3 is 2.95 bits per heavy atom. The van der Waals surface area contributed by atoms with Crippen LogP contribution in [0.15, 0.2) is 18.2 Å². The molecule has 1 unspecified atom stereocenters. The lowest BCUT2D eigenvalue weighted by molar-refractivity contribution is 0.0643. The Kier molecular flexibility index (Phi) is 5.47. The van der Waals surface area contributed by atoms with Crippen molar-refractivity contribution in [3.63, 3.8) is 0 Å². The van der Waals surface area contributed by atoms with Crippen LogP contribution in [0, 0.1) is 3.57 Å². The Morgan fingerprint density at radius 1 is 1.47 bits per heavy atom. The molecule has 0 saturated carbocycles. The van der Waals surface area contributed by atoms with Crippen LogP contribution in [-0.4, -0.2) is 28.1 Å². The fraction of sp³-hybridized carbons (Fsp3) is 0.500. The number of benzene rings is 1. The molecule has 0 N–H and O–H groups in total. The number of hydrogen-bond acceptors (Lipinski definition) is 2. The Hall–Kier alpha value is -0.330.